The number of morpholine rings is 1. The molecule has 106 valence electrons. The monoisotopic (exact) mass is 272 g/mol. The van der Waals surface area contributed by atoms with E-state index in [4.69, 9.17) is 10.5 Å². The number of nitrogens with zero attached hydrogens (tertiary/aromatic N) is 2. The number of rotatable bonds is 4. The van der Waals surface area contributed by atoms with Gasteiger partial charge in [0.2, 0.25) is 0 Å². The molecule has 0 radical (unpaired) electrons. The van der Waals surface area contributed by atoms with Crippen LogP contribution in [0.3, 0.4) is 0 Å². The molecular weight excluding hydrogens is 254 g/mol. The summed E-state index contributed by atoms with van der Waals surface area (Å²) in [5.74, 6) is -1.90. The lowest BCUT2D eigenvalue weighted by Gasteiger charge is -2.29. The summed E-state index contributed by atoms with van der Waals surface area (Å²) in [5, 5.41) is 2.91. The summed E-state index contributed by atoms with van der Waals surface area (Å²) < 4.78 is 31.8. The van der Waals surface area contributed by atoms with Gasteiger partial charge in [0.25, 0.3) is 0 Å². The van der Waals surface area contributed by atoms with Crippen molar-refractivity contribution in [3.05, 3.63) is 17.7 Å². The average molecular weight is 272 g/mol. The molecule has 0 aliphatic carbocycles. The molecule has 1 aliphatic rings. The van der Waals surface area contributed by atoms with Gasteiger partial charge in [0, 0.05) is 31.7 Å². The van der Waals surface area contributed by atoms with Gasteiger partial charge in [-0.3, -0.25) is 4.90 Å². The van der Waals surface area contributed by atoms with Crippen LogP contribution in [0.4, 0.5) is 20.4 Å². The van der Waals surface area contributed by atoms with E-state index in [1.165, 1.54) is 0 Å². The molecule has 2 rings (SSSR count). The zero-order valence-electron chi connectivity index (χ0n) is 10.8. The van der Waals surface area contributed by atoms with Crippen molar-refractivity contribution < 1.29 is 13.5 Å². The fraction of sp³-hybridized carbons (Fsp3) is 0.583. The number of aromatic nitrogens is 1. The van der Waals surface area contributed by atoms with Crippen molar-refractivity contribution in [3.63, 3.8) is 0 Å². The third-order valence-electron chi connectivity index (χ3n) is 2.98. The normalized spacial score (nSPS) is 18.3. The average Bonchev–Trinajstić information content (AvgIpc) is 2.37. The first kappa shape index (κ1) is 14.0. The molecule has 1 aromatic heterocycles. The maximum absolute atomic E-state index is 13.5. The predicted octanol–water partition coefficient (Wildman–Crippen LogP) is 1.07. The topological polar surface area (TPSA) is 63.4 Å². The summed E-state index contributed by atoms with van der Waals surface area (Å²) in [5.41, 5.74) is 5.33. The van der Waals surface area contributed by atoms with Crippen LogP contribution in [0.25, 0.3) is 0 Å². The molecule has 3 N–H and O–H groups in total. The fourth-order valence-corrected chi connectivity index (χ4v) is 2.03. The van der Waals surface area contributed by atoms with Crippen molar-refractivity contribution >= 4 is 11.6 Å². The molecule has 1 saturated heterocycles. The van der Waals surface area contributed by atoms with Gasteiger partial charge in [-0.2, -0.15) is 0 Å². The van der Waals surface area contributed by atoms with Crippen LogP contribution in [0.5, 0.6) is 0 Å². The summed E-state index contributed by atoms with van der Waals surface area (Å²) in [4.78, 5) is 5.89. The van der Waals surface area contributed by atoms with Crippen LogP contribution in [-0.4, -0.2) is 48.8 Å². The van der Waals surface area contributed by atoms with E-state index in [1.54, 1.807) is 0 Å². The second kappa shape index (κ2) is 6.12. The Labute approximate surface area is 110 Å². The molecule has 0 spiro atoms. The highest BCUT2D eigenvalue weighted by Gasteiger charge is 2.16. The molecule has 1 atom stereocenters. The molecule has 1 unspecified atom stereocenters. The number of anilines is 2. The molecule has 0 bridgehead atoms. The molecule has 1 aliphatic heterocycles. The highest BCUT2D eigenvalue weighted by molar-refractivity contribution is 5.45. The minimum absolute atomic E-state index is 0.0142. The standard InChI is InChI=1S/C12H18F2N4O/c1-8(7-18-2-4-19-5-3-18)16-12-10(14)6-9(13)11(15)17-12/h6,8H,2-5,7H2,1H3,(H3,15,16,17). The van der Waals surface area contributed by atoms with Crippen LogP contribution in [0.1, 0.15) is 6.92 Å². The highest BCUT2D eigenvalue weighted by atomic mass is 19.1. The van der Waals surface area contributed by atoms with Crippen LogP contribution >= 0.6 is 0 Å². The number of nitrogen functional groups attached to an aromatic ring is 1. The van der Waals surface area contributed by atoms with Crippen LogP contribution in [-0.2, 0) is 4.74 Å². The Bertz CT molecular complexity index is 438. The van der Waals surface area contributed by atoms with E-state index in [2.05, 4.69) is 15.2 Å². The third-order valence-corrected chi connectivity index (χ3v) is 2.98. The highest BCUT2D eigenvalue weighted by Crippen LogP contribution is 2.17. The van der Waals surface area contributed by atoms with Crippen molar-refractivity contribution in [2.24, 2.45) is 0 Å². The molecule has 19 heavy (non-hydrogen) atoms. The van der Waals surface area contributed by atoms with Gasteiger partial charge in [-0.25, -0.2) is 13.8 Å². The Morgan fingerprint density at radius 3 is 2.79 bits per heavy atom. The minimum Gasteiger partial charge on any atom is -0.381 e. The Kier molecular flexibility index (Phi) is 4.49. The first-order valence-electron chi connectivity index (χ1n) is 6.24. The fourth-order valence-electron chi connectivity index (χ4n) is 2.03. The molecule has 7 heteroatoms. The van der Waals surface area contributed by atoms with E-state index in [1.807, 2.05) is 6.92 Å². The number of hydrogen-bond donors (Lipinski definition) is 2. The maximum Gasteiger partial charge on any atom is 0.168 e. The van der Waals surface area contributed by atoms with Crippen LogP contribution in [0, 0.1) is 11.6 Å². The van der Waals surface area contributed by atoms with E-state index < -0.39 is 11.6 Å². The third kappa shape index (κ3) is 3.74. The SMILES string of the molecule is CC(CN1CCOCC1)Nc1nc(N)c(F)cc1F. The molecule has 0 amide bonds. The molecule has 1 fully saturated rings. The zero-order chi connectivity index (χ0) is 13.8. The van der Waals surface area contributed by atoms with E-state index in [0.29, 0.717) is 13.2 Å². The molecule has 5 nitrogen and oxygen atoms in total. The lowest BCUT2D eigenvalue weighted by atomic mass is 10.2. The van der Waals surface area contributed by atoms with Gasteiger partial charge in [-0.1, -0.05) is 0 Å². The second-order valence-electron chi connectivity index (χ2n) is 4.64. The Hall–Kier alpha value is -1.47. The van der Waals surface area contributed by atoms with Crippen molar-refractivity contribution in [2.45, 2.75) is 13.0 Å². The van der Waals surface area contributed by atoms with Crippen molar-refractivity contribution in [1.29, 1.82) is 0 Å². The Morgan fingerprint density at radius 1 is 1.42 bits per heavy atom. The van der Waals surface area contributed by atoms with E-state index in [0.717, 1.165) is 25.7 Å². The van der Waals surface area contributed by atoms with Crippen LogP contribution in [0.2, 0.25) is 0 Å². The number of hydrogen-bond acceptors (Lipinski definition) is 5. The van der Waals surface area contributed by atoms with Gasteiger partial charge in [0.1, 0.15) is 0 Å². The summed E-state index contributed by atoms with van der Waals surface area (Å²) in [6.07, 6.45) is 0. The number of nitrogens with one attached hydrogen (secondary N) is 1. The van der Waals surface area contributed by atoms with Crippen LogP contribution in [0.15, 0.2) is 6.07 Å². The van der Waals surface area contributed by atoms with Crippen molar-refractivity contribution in [1.82, 2.24) is 9.88 Å². The number of halogens is 2. The lowest BCUT2D eigenvalue weighted by molar-refractivity contribution is 0.0368. The molecule has 0 saturated carbocycles. The lowest BCUT2D eigenvalue weighted by Crippen LogP contribution is -2.42. The number of ether oxygens (including phenoxy) is 1. The molecule has 2 heterocycles. The molecular formula is C12H18F2N4O. The molecule has 1 aromatic rings. The van der Waals surface area contributed by atoms with Crippen molar-refractivity contribution in [2.75, 3.05) is 43.9 Å². The van der Waals surface area contributed by atoms with E-state index in [9.17, 15) is 8.78 Å². The Balaban J connectivity index is 1.94. The summed E-state index contributed by atoms with van der Waals surface area (Å²) in [6, 6.07) is 0.719. The first-order chi connectivity index (χ1) is 9.06. The predicted molar refractivity (Wildman–Crippen MR) is 68.9 cm³/mol. The first-order valence-corrected chi connectivity index (χ1v) is 6.24. The van der Waals surface area contributed by atoms with Gasteiger partial charge in [0.15, 0.2) is 23.3 Å². The van der Waals surface area contributed by atoms with E-state index >= 15 is 0 Å². The van der Waals surface area contributed by atoms with Crippen molar-refractivity contribution in [3.8, 4) is 0 Å². The summed E-state index contributed by atoms with van der Waals surface area (Å²) in [6.45, 7) is 5.78. The summed E-state index contributed by atoms with van der Waals surface area (Å²) in [7, 11) is 0. The van der Waals surface area contributed by atoms with Gasteiger partial charge in [-0.05, 0) is 6.92 Å². The summed E-state index contributed by atoms with van der Waals surface area (Å²) >= 11 is 0. The number of nitrogens with two attached hydrogens (primary N) is 1. The Morgan fingerprint density at radius 2 is 2.11 bits per heavy atom. The minimum atomic E-state index is -0.844. The maximum atomic E-state index is 13.5. The van der Waals surface area contributed by atoms with Gasteiger partial charge in [0.05, 0.1) is 13.2 Å². The zero-order valence-corrected chi connectivity index (χ0v) is 10.8. The van der Waals surface area contributed by atoms with Gasteiger partial charge < -0.3 is 15.8 Å². The van der Waals surface area contributed by atoms with Crippen LogP contribution < -0.4 is 11.1 Å². The molecule has 0 aromatic carbocycles. The van der Waals surface area contributed by atoms with E-state index in [-0.39, 0.29) is 17.7 Å². The van der Waals surface area contributed by atoms with Gasteiger partial charge >= 0.3 is 0 Å². The second-order valence-corrected chi connectivity index (χ2v) is 4.64. The largest absolute Gasteiger partial charge is 0.381 e. The smallest absolute Gasteiger partial charge is 0.168 e. The quantitative estimate of drug-likeness (QED) is 0.858. The van der Waals surface area contributed by atoms with Gasteiger partial charge in [-0.15, -0.1) is 0 Å². The number of pyridine rings is 1.